The Labute approximate surface area is 181 Å². The zero-order chi connectivity index (χ0) is 21.2. The molecule has 31 heavy (non-hydrogen) atoms. The third-order valence-corrected chi connectivity index (χ3v) is 5.79. The van der Waals surface area contributed by atoms with Gasteiger partial charge >= 0.3 is 0 Å². The molecule has 4 aromatic heterocycles. The molecular weight excluding hydrogens is 388 g/mol. The highest BCUT2D eigenvalue weighted by atomic mass is 15.1. The number of pyridine rings is 2. The van der Waals surface area contributed by atoms with Crippen molar-refractivity contribution in [1.29, 1.82) is 0 Å². The molecule has 0 bridgehead atoms. The van der Waals surface area contributed by atoms with Crippen molar-refractivity contribution >= 4 is 23.0 Å². The molecule has 4 heterocycles. The van der Waals surface area contributed by atoms with Gasteiger partial charge in [-0.2, -0.15) is 0 Å². The van der Waals surface area contributed by atoms with Gasteiger partial charge in [0.15, 0.2) is 0 Å². The van der Waals surface area contributed by atoms with E-state index in [1.165, 1.54) is 0 Å². The molecule has 5 rings (SSSR count). The van der Waals surface area contributed by atoms with E-state index in [9.17, 15) is 0 Å². The number of aryl methyl sites for hydroxylation is 1. The van der Waals surface area contributed by atoms with Crippen molar-refractivity contribution in [2.45, 2.75) is 44.7 Å². The van der Waals surface area contributed by atoms with Crippen LogP contribution < -0.4 is 16.4 Å². The third-order valence-electron chi connectivity index (χ3n) is 5.79. The number of hydrogen-bond acceptors (Lipinski definition) is 7. The number of rotatable bonds is 5. The van der Waals surface area contributed by atoms with E-state index in [0.29, 0.717) is 18.0 Å². The molecule has 8 nitrogen and oxygen atoms in total. The first-order valence-electron chi connectivity index (χ1n) is 10.7. The van der Waals surface area contributed by atoms with Crippen LogP contribution in [-0.2, 0) is 0 Å². The van der Waals surface area contributed by atoms with Gasteiger partial charge in [-0.1, -0.05) is 0 Å². The fourth-order valence-electron chi connectivity index (χ4n) is 4.05. The summed E-state index contributed by atoms with van der Waals surface area (Å²) in [6.07, 6.45) is 13.5. The molecular formula is C23H26N8. The summed E-state index contributed by atoms with van der Waals surface area (Å²) < 4.78 is 2.06. The van der Waals surface area contributed by atoms with Crippen LogP contribution >= 0.6 is 0 Å². The van der Waals surface area contributed by atoms with Crippen molar-refractivity contribution in [3.63, 3.8) is 0 Å². The van der Waals surface area contributed by atoms with Crippen molar-refractivity contribution in [2.75, 3.05) is 10.6 Å². The molecule has 1 fully saturated rings. The molecule has 158 valence electrons. The lowest BCUT2D eigenvalue weighted by Crippen LogP contribution is -2.33. The minimum Gasteiger partial charge on any atom is -0.354 e. The first kappa shape index (κ1) is 19.4. The van der Waals surface area contributed by atoms with Crippen molar-refractivity contribution in [1.82, 2.24) is 24.3 Å². The smallest absolute Gasteiger partial charge is 0.223 e. The van der Waals surface area contributed by atoms with Crippen LogP contribution in [0, 0.1) is 6.92 Å². The summed E-state index contributed by atoms with van der Waals surface area (Å²) in [4.78, 5) is 18.0. The molecule has 0 aromatic carbocycles. The van der Waals surface area contributed by atoms with Crippen molar-refractivity contribution in [3.8, 4) is 11.4 Å². The van der Waals surface area contributed by atoms with Crippen LogP contribution in [0.4, 0.5) is 17.3 Å². The normalized spacial score (nSPS) is 18.8. The molecule has 4 N–H and O–H groups in total. The topological polar surface area (TPSA) is 106 Å². The maximum atomic E-state index is 6.04. The fraction of sp³-hybridized carbons (Fsp3) is 0.304. The number of nitrogens with one attached hydrogen (secondary N) is 2. The van der Waals surface area contributed by atoms with E-state index >= 15 is 0 Å². The van der Waals surface area contributed by atoms with E-state index in [0.717, 1.165) is 59.7 Å². The van der Waals surface area contributed by atoms with Gasteiger partial charge in [0.2, 0.25) is 5.95 Å². The standard InChI is InChI=1S/C23H26N8/c1-15-12-27-23(29-17-4-2-16(24)3-5-17)30-22(15)20-13-26-21-7-6-19(14-31(20)21)28-18-8-10-25-11-9-18/h6-14,16-17H,2-5,24H2,1H3,(H,25,28)(H,27,29,30)/t16-,17-. The predicted octanol–water partition coefficient (Wildman–Crippen LogP) is 3.92. The van der Waals surface area contributed by atoms with E-state index in [2.05, 4.69) is 30.0 Å². The molecule has 1 aliphatic rings. The summed E-state index contributed by atoms with van der Waals surface area (Å²) in [5, 5.41) is 6.90. The molecule has 1 saturated carbocycles. The maximum Gasteiger partial charge on any atom is 0.223 e. The second kappa shape index (κ2) is 8.31. The van der Waals surface area contributed by atoms with Gasteiger partial charge in [0.05, 0.1) is 23.3 Å². The summed E-state index contributed by atoms with van der Waals surface area (Å²) >= 11 is 0. The van der Waals surface area contributed by atoms with Gasteiger partial charge in [0, 0.05) is 42.6 Å². The highest BCUT2D eigenvalue weighted by Gasteiger charge is 2.20. The number of anilines is 3. The lowest BCUT2D eigenvalue weighted by molar-refractivity contribution is 0.410. The van der Waals surface area contributed by atoms with Gasteiger partial charge in [-0.3, -0.25) is 9.38 Å². The summed E-state index contributed by atoms with van der Waals surface area (Å²) in [7, 11) is 0. The molecule has 0 amide bonds. The van der Waals surface area contributed by atoms with E-state index in [1.807, 2.05) is 49.8 Å². The highest BCUT2D eigenvalue weighted by Crippen LogP contribution is 2.26. The molecule has 0 radical (unpaired) electrons. The molecule has 8 heteroatoms. The lowest BCUT2D eigenvalue weighted by Gasteiger charge is -2.26. The zero-order valence-corrected chi connectivity index (χ0v) is 17.5. The number of nitrogens with zero attached hydrogens (tertiary/aromatic N) is 5. The number of imidazole rings is 1. The first-order valence-corrected chi connectivity index (χ1v) is 10.7. The molecule has 0 aliphatic heterocycles. The van der Waals surface area contributed by atoms with Crippen LogP contribution in [0.2, 0.25) is 0 Å². The maximum absolute atomic E-state index is 6.04. The van der Waals surface area contributed by atoms with Crippen LogP contribution in [0.3, 0.4) is 0 Å². The number of hydrogen-bond donors (Lipinski definition) is 3. The Morgan fingerprint density at radius 3 is 2.58 bits per heavy atom. The number of fused-ring (bicyclic) bond motifs is 1. The third kappa shape index (κ3) is 4.20. The van der Waals surface area contributed by atoms with E-state index < -0.39 is 0 Å². The Kier molecular flexibility index (Phi) is 5.21. The van der Waals surface area contributed by atoms with Crippen molar-refractivity contribution in [2.24, 2.45) is 5.73 Å². The van der Waals surface area contributed by atoms with Crippen LogP contribution in [0.15, 0.2) is 55.2 Å². The molecule has 1 aliphatic carbocycles. The molecule has 0 atom stereocenters. The Morgan fingerprint density at radius 1 is 0.968 bits per heavy atom. The SMILES string of the molecule is Cc1cnc(N[C@H]2CC[C@H](N)CC2)nc1-c1cnc2ccc(Nc3ccncc3)cn12. The number of aromatic nitrogens is 5. The van der Waals surface area contributed by atoms with Gasteiger partial charge in [0.1, 0.15) is 5.65 Å². The van der Waals surface area contributed by atoms with Crippen LogP contribution in [-0.4, -0.2) is 36.4 Å². The minimum absolute atomic E-state index is 0.320. The second-order valence-electron chi connectivity index (χ2n) is 8.13. The van der Waals surface area contributed by atoms with E-state index in [-0.39, 0.29) is 0 Å². The quantitative estimate of drug-likeness (QED) is 0.454. The van der Waals surface area contributed by atoms with Gasteiger partial charge in [-0.05, 0) is 62.4 Å². The van der Waals surface area contributed by atoms with Crippen LogP contribution in [0.1, 0.15) is 31.2 Å². The van der Waals surface area contributed by atoms with E-state index in [4.69, 9.17) is 10.7 Å². The Hall–Kier alpha value is -3.52. The largest absolute Gasteiger partial charge is 0.354 e. The zero-order valence-electron chi connectivity index (χ0n) is 17.5. The molecule has 0 spiro atoms. The van der Waals surface area contributed by atoms with Crippen LogP contribution in [0.25, 0.3) is 17.0 Å². The summed E-state index contributed by atoms with van der Waals surface area (Å²) in [6, 6.07) is 8.57. The van der Waals surface area contributed by atoms with Crippen LogP contribution in [0.5, 0.6) is 0 Å². The Bertz CT molecular complexity index is 1180. The second-order valence-corrected chi connectivity index (χ2v) is 8.13. The number of nitrogens with two attached hydrogens (primary N) is 1. The molecule has 4 aromatic rings. The Balaban J connectivity index is 1.45. The van der Waals surface area contributed by atoms with Gasteiger partial charge in [-0.15, -0.1) is 0 Å². The Morgan fingerprint density at radius 2 is 1.77 bits per heavy atom. The monoisotopic (exact) mass is 414 g/mol. The van der Waals surface area contributed by atoms with Crippen molar-refractivity contribution in [3.05, 3.63) is 60.8 Å². The summed E-state index contributed by atoms with van der Waals surface area (Å²) in [6.45, 7) is 2.03. The van der Waals surface area contributed by atoms with Crippen molar-refractivity contribution < 1.29 is 0 Å². The average molecular weight is 415 g/mol. The lowest BCUT2D eigenvalue weighted by atomic mass is 9.92. The average Bonchev–Trinajstić information content (AvgIpc) is 3.20. The first-order chi connectivity index (χ1) is 15.2. The molecule has 0 saturated heterocycles. The highest BCUT2D eigenvalue weighted by molar-refractivity contribution is 5.67. The summed E-state index contributed by atoms with van der Waals surface area (Å²) in [5.41, 5.74) is 11.7. The van der Waals surface area contributed by atoms with Gasteiger partial charge < -0.3 is 16.4 Å². The predicted molar refractivity (Wildman–Crippen MR) is 122 cm³/mol. The summed E-state index contributed by atoms with van der Waals surface area (Å²) in [5.74, 6) is 0.655. The fourth-order valence-corrected chi connectivity index (χ4v) is 4.05. The minimum atomic E-state index is 0.320. The molecule has 0 unspecified atom stereocenters. The van der Waals surface area contributed by atoms with Gasteiger partial charge in [0.25, 0.3) is 0 Å². The van der Waals surface area contributed by atoms with E-state index in [1.54, 1.807) is 12.4 Å². The van der Waals surface area contributed by atoms with Gasteiger partial charge in [-0.25, -0.2) is 15.0 Å².